The largest absolute Gasteiger partial charge is 0.508 e. The molecule has 9 heteroatoms. The second-order valence-corrected chi connectivity index (χ2v) is 10.4. The lowest BCUT2D eigenvalue weighted by atomic mass is 9.78. The SMILES string of the molecule is COc1cc(OC)c2c(O)c3c(c(-c4c5c(c(O)c6c(OC)cc(O)cc46)CO[C@@H](C)[C@@H]5O)c2c1)C[C@H](C)OC3. The number of aliphatic hydroxyl groups is 1. The molecule has 4 aromatic rings. The molecule has 6 rings (SSSR count). The number of aromatic hydroxyl groups is 3. The third-order valence-electron chi connectivity index (χ3n) is 8.17. The summed E-state index contributed by atoms with van der Waals surface area (Å²) >= 11 is 0. The van der Waals surface area contributed by atoms with Gasteiger partial charge in [-0.3, -0.25) is 0 Å². The second-order valence-electron chi connectivity index (χ2n) is 10.4. The summed E-state index contributed by atoms with van der Waals surface area (Å²) in [5, 5.41) is 47.4. The van der Waals surface area contributed by atoms with Crippen LogP contribution in [0.15, 0.2) is 24.3 Å². The number of rotatable bonds is 4. The highest BCUT2D eigenvalue weighted by molar-refractivity contribution is 6.15. The van der Waals surface area contributed by atoms with Crippen LogP contribution in [0, 0.1) is 0 Å². The maximum absolute atomic E-state index is 11.6. The van der Waals surface area contributed by atoms with Crippen LogP contribution < -0.4 is 14.2 Å². The number of hydrogen-bond acceptors (Lipinski definition) is 9. The predicted molar refractivity (Wildman–Crippen MR) is 149 cm³/mol. The molecule has 2 aliphatic rings. The predicted octanol–water partition coefficient (Wildman–Crippen LogP) is 5.22. The third kappa shape index (κ3) is 3.72. The van der Waals surface area contributed by atoms with Crippen molar-refractivity contribution in [1.82, 2.24) is 0 Å². The molecule has 0 aromatic heterocycles. The Balaban J connectivity index is 1.92. The molecule has 210 valence electrons. The van der Waals surface area contributed by atoms with Crippen LogP contribution in [0.2, 0.25) is 0 Å². The van der Waals surface area contributed by atoms with Crippen LogP contribution in [0.3, 0.4) is 0 Å². The zero-order valence-electron chi connectivity index (χ0n) is 23.0. The Morgan fingerprint density at radius 2 is 1.35 bits per heavy atom. The lowest BCUT2D eigenvalue weighted by Crippen LogP contribution is -2.27. The Kier molecular flexibility index (Phi) is 6.33. The number of phenols is 3. The fraction of sp³-hybridized carbons (Fsp3) is 0.355. The highest BCUT2D eigenvalue weighted by atomic mass is 16.5. The summed E-state index contributed by atoms with van der Waals surface area (Å²) in [6, 6.07) is 6.53. The van der Waals surface area contributed by atoms with E-state index in [-0.39, 0.29) is 42.3 Å². The molecular formula is C31H32O9. The van der Waals surface area contributed by atoms with Gasteiger partial charge in [-0.15, -0.1) is 0 Å². The van der Waals surface area contributed by atoms with E-state index in [2.05, 4.69) is 0 Å². The van der Waals surface area contributed by atoms with E-state index in [1.165, 1.54) is 20.3 Å². The van der Waals surface area contributed by atoms with Crippen molar-refractivity contribution in [3.63, 3.8) is 0 Å². The van der Waals surface area contributed by atoms with Crippen LogP contribution in [0.1, 0.15) is 42.2 Å². The highest BCUT2D eigenvalue weighted by Crippen LogP contribution is 2.55. The molecule has 0 aliphatic carbocycles. The lowest BCUT2D eigenvalue weighted by molar-refractivity contribution is -0.0527. The standard InChI is InChI=1S/C31H32O9/c1-13-6-17-20(11-39-13)30(34)26-19(9-16(36-3)10-23(26)38-5)24(17)27-18-7-15(32)8-22(37-4)25(18)31(35)21-12-40-14(2)29(33)28(21)27/h7-10,13-14,29,32-35H,6,11-12H2,1-5H3/t13-,14-,29-/m0/s1. The number of hydrogen-bond donors (Lipinski definition) is 4. The first-order chi connectivity index (χ1) is 19.2. The van der Waals surface area contributed by atoms with Crippen LogP contribution in [0.4, 0.5) is 0 Å². The molecule has 40 heavy (non-hydrogen) atoms. The second kappa shape index (κ2) is 9.62. The number of ether oxygens (including phenoxy) is 5. The smallest absolute Gasteiger partial charge is 0.134 e. The van der Waals surface area contributed by atoms with E-state index in [0.717, 1.165) is 11.1 Å². The number of benzene rings is 4. The molecule has 2 aliphatic heterocycles. The van der Waals surface area contributed by atoms with Gasteiger partial charge in [0.05, 0.1) is 57.5 Å². The van der Waals surface area contributed by atoms with Gasteiger partial charge in [-0.1, -0.05) is 0 Å². The van der Waals surface area contributed by atoms with Gasteiger partial charge in [0.15, 0.2) is 0 Å². The van der Waals surface area contributed by atoms with Gasteiger partial charge in [-0.05, 0) is 49.1 Å². The molecule has 0 amide bonds. The topological polar surface area (TPSA) is 127 Å². The Hall–Kier alpha value is -3.92. The average molecular weight is 549 g/mol. The van der Waals surface area contributed by atoms with Crippen molar-refractivity contribution < 1.29 is 44.1 Å². The molecule has 0 radical (unpaired) electrons. The summed E-state index contributed by atoms with van der Waals surface area (Å²) in [6.07, 6.45) is -1.33. The van der Waals surface area contributed by atoms with Gasteiger partial charge in [0.1, 0.15) is 40.6 Å². The van der Waals surface area contributed by atoms with Crippen molar-refractivity contribution in [2.24, 2.45) is 0 Å². The van der Waals surface area contributed by atoms with Crippen LogP contribution in [0.5, 0.6) is 34.5 Å². The zero-order chi connectivity index (χ0) is 28.5. The minimum Gasteiger partial charge on any atom is -0.508 e. The van der Waals surface area contributed by atoms with Crippen LogP contribution in [0.25, 0.3) is 32.7 Å². The number of aliphatic hydroxyl groups excluding tert-OH is 1. The van der Waals surface area contributed by atoms with Gasteiger partial charge in [-0.25, -0.2) is 0 Å². The van der Waals surface area contributed by atoms with Crippen molar-refractivity contribution in [3.05, 3.63) is 46.5 Å². The molecule has 0 saturated heterocycles. The molecule has 4 aromatic carbocycles. The Morgan fingerprint density at radius 1 is 0.725 bits per heavy atom. The summed E-state index contributed by atoms with van der Waals surface area (Å²) in [4.78, 5) is 0. The fourth-order valence-electron chi connectivity index (χ4n) is 6.22. The fourth-order valence-corrected chi connectivity index (χ4v) is 6.22. The maximum Gasteiger partial charge on any atom is 0.134 e. The van der Waals surface area contributed by atoms with E-state index in [1.54, 1.807) is 26.2 Å². The van der Waals surface area contributed by atoms with Crippen LogP contribution in [-0.2, 0) is 29.1 Å². The molecule has 0 fully saturated rings. The molecule has 0 spiro atoms. The van der Waals surface area contributed by atoms with E-state index >= 15 is 0 Å². The van der Waals surface area contributed by atoms with Crippen molar-refractivity contribution in [2.75, 3.05) is 21.3 Å². The van der Waals surface area contributed by atoms with Gasteiger partial charge in [0.2, 0.25) is 0 Å². The summed E-state index contributed by atoms with van der Waals surface area (Å²) in [7, 11) is 4.54. The summed E-state index contributed by atoms with van der Waals surface area (Å²) < 4.78 is 28.7. The van der Waals surface area contributed by atoms with E-state index in [9.17, 15) is 20.4 Å². The van der Waals surface area contributed by atoms with E-state index < -0.39 is 12.2 Å². The summed E-state index contributed by atoms with van der Waals surface area (Å²) in [6.45, 7) is 3.98. The number of methoxy groups -OCH3 is 3. The Morgan fingerprint density at radius 3 is 2.02 bits per heavy atom. The first kappa shape index (κ1) is 26.3. The molecule has 0 saturated carbocycles. The molecular weight excluding hydrogens is 516 g/mol. The molecule has 2 heterocycles. The van der Waals surface area contributed by atoms with Crippen molar-refractivity contribution in [2.45, 2.75) is 51.8 Å². The zero-order valence-corrected chi connectivity index (χ0v) is 23.0. The molecule has 0 unspecified atom stereocenters. The quantitative estimate of drug-likeness (QED) is 0.272. The van der Waals surface area contributed by atoms with Gasteiger partial charge in [0, 0.05) is 39.6 Å². The molecule has 3 atom stereocenters. The van der Waals surface area contributed by atoms with Gasteiger partial charge < -0.3 is 44.1 Å². The summed E-state index contributed by atoms with van der Waals surface area (Å²) in [5.41, 5.74) is 3.69. The minimum absolute atomic E-state index is 0.0507. The molecule has 9 nitrogen and oxygen atoms in total. The van der Waals surface area contributed by atoms with Crippen molar-refractivity contribution in [3.8, 4) is 45.6 Å². The Bertz CT molecular complexity index is 1680. The van der Waals surface area contributed by atoms with Crippen molar-refractivity contribution in [1.29, 1.82) is 0 Å². The van der Waals surface area contributed by atoms with Gasteiger partial charge >= 0.3 is 0 Å². The summed E-state index contributed by atoms with van der Waals surface area (Å²) in [5.74, 6) is 1.09. The van der Waals surface area contributed by atoms with E-state index in [0.29, 0.717) is 61.7 Å². The lowest BCUT2D eigenvalue weighted by Gasteiger charge is -2.34. The van der Waals surface area contributed by atoms with Crippen molar-refractivity contribution >= 4 is 21.5 Å². The monoisotopic (exact) mass is 548 g/mol. The number of fused-ring (bicyclic) bond motifs is 4. The molecule has 4 N–H and O–H groups in total. The Labute approximate surface area is 231 Å². The normalized spacial score (nSPS) is 20.3. The van der Waals surface area contributed by atoms with Crippen LogP contribution in [-0.4, -0.2) is 54.0 Å². The maximum atomic E-state index is 11.6. The van der Waals surface area contributed by atoms with Gasteiger partial charge in [0.25, 0.3) is 0 Å². The van der Waals surface area contributed by atoms with Crippen LogP contribution >= 0.6 is 0 Å². The average Bonchev–Trinajstić information content (AvgIpc) is 2.94. The first-order valence-corrected chi connectivity index (χ1v) is 13.1. The van der Waals surface area contributed by atoms with E-state index in [1.807, 2.05) is 13.0 Å². The third-order valence-corrected chi connectivity index (χ3v) is 8.17. The first-order valence-electron chi connectivity index (χ1n) is 13.1. The van der Waals surface area contributed by atoms with Gasteiger partial charge in [-0.2, -0.15) is 0 Å². The molecule has 0 bridgehead atoms. The van der Waals surface area contributed by atoms with E-state index in [4.69, 9.17) is 23.7 Å². The minimum atomic E-state index is -1.09. The number of phenolic OH excluding ortho intramolecular Hbond substituents is 3. The highest BCUT2D eigenvalue weighted by Gasteiger charge is 2.37.